The van der Waals surface area contributed by atoms with Crippen molar-refractivity contribution in [2.75, 3.05) is 6.61 Å². The van der Waals surface area contributed by atoms with Crippen LogP contribution in [0.25, 0.3) is 0 Å². The Morgan fingerprint density at radius 3 is 2.60 bits per heavy atom. The molecule has 2 nitrogen and oxygen atoms in total. The van der Waals surface area contributed by atoms with E-state index < -0.39 is 0 Å². The fraction of sp³-hybridized carbons (Fsp3) is 1.00. The van der Waals surface area contributed by atoms with Crippen LogP contribution in [0.2, 0.25) is 0 Å². The van der Waals surface area contributed by atoms with Crippen molar-refractivity contribution in [3.05, 3.63) is 0 Å². The van der Waals surface area contributed by atoms with Crippen molar-refractivity contribution in [2.24, 2.45) is 0 Å². The zero-order valence-corrected chi connectivity index (χ0v) is 6.55. The Labute approximate surface area is 62.2 Å². The highest BCUT2D eigenvalue weighted by Crippen LogP contribution is 2.20. The van der Waals surface area contributed by atoms with Gasteiger partial charge in [-0.05, 0) is 19.8 Å². The van der Waals surface area contributed by atoms with Crippen LogP contribution in [0.3, 0.4) is 0 Å². The Morgan fingerprint density at radius 1 is 1.50 bits per heavy atom. The summed E-state index contributed by atoms with van der Waals surface area (Å²) < 4.78 is 5.41. The van der Waals surface area contributed by atoms with Crippen LogP contribution >= 0.6 is 0 Å². The second-order valence-corrected chi connectivity index (χ2v) is 3.09. The molecular formula is C8H16O2. The predicted octanol–water partition coefficient (Wildman–Crippen LogP) is 1.33. The van der Waals surface area contributed by atoms with Crippen LogP contribution in [-0.4, -0.2) is 23.9 Å². The van der Waals surface area contributed by atoms with Gasteiger partial charge in [-0.1, -0.05) is 12.8 Å². The molecule has 1 aliphatic rings. The standard InChI is InChI=1S/C8H16O2/c1-7(9)6-10-8-4-2-3-5-8/h7-9H,2-6H2,1H3/t7-/m1/s1. The van der Waals surface area contributed by atoms with Gasteiger partial charge in [0.1, 0.15) is 0 Å². The normalized spacial score (nSPS) is 23.4. The number of hydrogen-bond donors (Lipinski definition) is 1. The van der Waals surface area contributed by atoms with Gasteiger partial charge < -0.3 is 9.84 Å². The molecule has 0 bridgehead atoms. The van der Waals surface area contributed by atoms with E-state index in [9.17, 15) is 0 Å². The number of hydrogen-bond acceptors (Lipinski definition) is 2. The van der Waals surface area contributed by atoms with Crippen molar-refractivity contribution >= 4 is 0 Å². The molecule has 1 N–H and O–H groups in total. The second kappa shape index (κ2) is 3.94. The molecule has 0 aromatic carbocycles. The van der Waals surface area contributed by atoms with E-state index in [-0.39, 0.29) is 6.10 Å². The van der Waals surface area contributed by atoms with E-state index in [1.165, 1.54) is 25.7 Å². The molecule has 10 heavy (non-hydrogen) atoms. The van der Waals surface area contributed by atoms with Gasteiger partial charge in [0.2, 0.25) is 0 Å². The van der Waals surface area contributed by atoms with Gasteiger partial charge in [-0.15, -0.1) is 0 Å². The lowest BCUT2D eigenvalue weighted by Gasteiger charge is -2.11. The van der Waals surface area contributed by atoms with Gasteiger partial charge in [-0.2, -0.15) is 0 Å². The number of ether oxygens (including phenoxy) is 1. The molecule has 1 rings (SSSR count). The van der Waals surface area contributed by atoms with Crippen LogP contribution in [-0.2, 0) is 4.74 Å². The first-order valence-electron chi connectivity index (χ1n) is 4.08. The molecule has 1 saturated carbocycles. The highest BCUT2D eigenvalue weighted by Gasteiger charge is 2.15. The van der Waals surface area contributed by atoms with E-state index in [2.05, 4.69) is 0 Å². The van der Waals surface area contributed by atoms with E-state index in [4.69, 9.17) is 9.84 Å². The summed E-state index contributed by atoms with van der Waals surface area (Å²) in [5.74, 6) is 0. The summed E-state index contributed by atoms with van der Waals surface area (Å²) >= 11 is 0. The maximum atomic E-state index is 8.89. The fourth-order valence-corrected chi connectivity index (χ4v) is 1.33. The summed E-state index contributed by atoms with van der Waals surface area (Å²) in [6.45, 7) is 2.26. The highest BCUT2D eigenvalue weighted by atomic mass is 16.5. The van der Waals surface area contributed by atoms with Crippen molar-refractivity contribution in [3.63, 3.8) is 0 Å². The minimum absolute atomic E-state index is 0.305. The van der Waals surface area contributed by atoms with Gasteiger partial charge in [0.15, 0.2) is 0 Å². The van der Waals surface area contributed by atoms with Crippen LogP contribution in [0.1, 0.15) is 32.6 Å². The number of aliphatic hydroxyl groups excluding tert-OH is 1. The molecule has 0 radical (unpaired) electrons. The lowest BCUT2D eigenvalue weighted by Crippen LogP contribution is -2.16. The molecule has 0 aliphatic heterocycles. The third-order valence-electron chi connectivity index (χ3n) is 1.88. The molecule has 0 spiro atoms. The predicted molar refractivity (Wildman–Crippen MR) is 39.9 cm³/mol. The van der Waals surface area contributed by atoms with Gasteiger partial charge in [0, 0.05) is 0 Å². The fourth-order valence-electron chi connectivity index (χ4n) is 1.33. The molecule has 60 valence electrons. The van der Waals surface area contributed by atoms with Crippen LogP contribution in [0.15, 0.2) is 0 Å². The zero-order valence-electron chi connectivity index (χ0n) is 6.55. The quantitative estimate of drug-likeness (QED) is 0.647. The maximum absolute atomic E-state index is 8.89. The lowest BCUT2D eigenvalue weighted by atomic mass is 10.3. The minimum atomic E-state index is -0.305. The first-order valence-corrected chi connectivity index (χ1v) is 4.08. The van der Waals surface area contributed by atoms with Crippen molar-refractivity contribution in [1.82, 2.24) is 0 Å². The topological polar surface area (TPSA) is 29.5 Å². The second-order valence-electron chi connectivity index (χ2n) is 3.09. The van der Waals surface area contributed by atoms with E-state index in [0.717, 1.165) is 0 Å². The summed E-state index contributed by atoms with van der Waals surface area (Å²) in [7, 11) is 0. The first-order chi connectivity index (χ1) is 4.79. The Kier molecular flexibility index (Phi) is 3.16. The molecule has 0 aromatic heterocycles. The molecule has 1 fully saturated rings. The summed E-state index contributed by atoms with van der Waals surface area (Å²) in [5.41, 5.74) is 0. The average molecular weight is 144 g/mol. The van der Waals surface area contributed by atoms with E-state index >= 15 is 0 Å². The average Bonchev–Trinajstić information content (AvgIpc) is 2.34. The van der Waals surface area contributed by atoms with Gasteiger partial charge in [-0.25, -0.2) is 0 Å². The van der Waals surface area contributed by atoms with E-state index in [1.807, 2.05) is 0 Å². The van der Waals surface area contributed by atoms with Crippen molar-refractivity contribution in [2.45, 2.75) is 44.8 Å². The molecule has 0 unspecified atom stereocenters. The summed E-state index contributed by atoms with van der Waals surface area (Å²) in [6, 6.07) is 0. The Morgan fingerprint density at radius 2 is 2.10 bits per heavy atom. The minimum Gasteiger partial charge on any atom is -0.391 e. The summed E-state index contributed by atoms with van der Waals surface area (Å²) in [5, 5.41) is 8.89. The zero-order chi connectivity index (χ0) is 7.40. The summed E-state index contributed by atoms with van der Waals surface area (Å²) in [4.78, 5) is 0. The third-order valence-corrected chi connectivity index (χ3v) is 1.88. The Hall–Kier alpha value is -0.0800. The van der Waals surface area contributed by atoms with Crippen molar-refractivity contribution < 1.29 is 9.84 Å². The maximum Gasteiger partial charge on any atom is 0.0745 e. The van der Waals surface area contributed by atoms with E-state index in [1.54, 1.807) is 6.92 Å². The lowest BCUT2D eigenvalue weighted by molar-refractivity contribution is 0.000788. The third kappa shape index (κ3) is 2.67. The molecule has 1 aliphatic carbocycles. The van der Waals surface area contributed by atoms with E-state index in [0.29, 0.717) is 12.7 Å². The largest absolute Gasteiger partial charge is 0.391 e. The number of rotatable bonds is 3. The molecule has 0 saturated heterocycles. The highest BCUT2D eigenvalue weighted by molar-refractivity contribution is 4.66. The molecule has 2 heteroatoms. The molecule has 0 heterocycles. The van der Waals surface area contributed by atoms with Crippen LogP contribution < -0.4 is 0 Å². The Balaban J connectivity index is 2.01. The van der Waals surface area contributed by atoms with Gasteiger partial charge >= 0.3 is 0 Å². The molecule has 0 aromatic rings. The Bertz CT molecular complexity index is 85.3. The summed E-state index contributed by atoms with van der Waals surface area (Å²) in [6.07, 6.45) is 5.10. The van der Waals surface area contributed by atoms with Crippen LogP contribution in [0.4, 0.5) is 0 Å². The van der Waals surface area contributed by atoms with Crippen LogP contribution in [0, 0.1) is 0 Å². The number of aliphatic hydroxyl groups is 1. The smallest absolute Gasteiger partial charge is 0.0745 e. The van der Waals surface area contributed by atoms with Gasteiger partial charge in [0.25, 0.3) is 0 Å². The van der Waals surface area contributed by atoms with Gasteiger partial charge in [0.05, 0.1) is 18.8 Å². The SMILES string of the molecule is C[C@@H](O)COC1CCCC1. The monoisotopic (exact) mass is 144 g/mol. The molecule has 1 atom stereocenters. The molecule has 0 amide bonds. The molecular weight excluding hydrogens is 128 g/mol. The van der Waals surface area contributed by atoms with Crippen molar-refractivity contribution in [1.29, 1.82) is 0 Å². The van der Waals surface area contributed by atoms with Crippen LogP contribution in [0.5, 0.6) is 0 Å². The van der Waals surface area contributed by atoms with Crippen molar-refractivity contribution in [3.8, 4) is 0 Å². The first kappa shape index (κ1) is 8.02. The van der Waals surface area contributed by atoms with Gasteiger partial charge in [-0.3, -0.25) is 0 Å².